The number of aromatic nitrogens is 2. The Kier molecular flexibility index (Phi) is 5.86. The van der Waals surface area contributed by atoms with Crippen LogP contribution in [0, 0.1) is 5.82 Å². The Labute approximate surface area is 185 Å². The highest BCUT2D eigenvalue weighted by molar-refractivity contribution is 6.05. The molecule has 1 aromatic heterocycles. The van der Waals surface area contributed by atoms with E-state index in [0.29, 0.717) is 10.8 Å². The molecule has 0 spiro atoms. The quantitative estimate of drug-likeness (QED) is 0.450. The van der Waals surface area contributed by atoms with Crippen LogP contribution in [0.15, 0.2) is 83.7 Å². The fraction of sp³-hybridized carbons (Fsp3) is 0.192. The Morgan fingerprint density at radius 3 is 2.06 bits per heavy atom. The van der Waals surface area contributed by atoms with Gasteiger partial charge in [-0.1, -0.05) is 60.7 Å². The second kappa shape index (κ2) is 8.75. The largest absolute Gasteiger partial charge is 0.329 e. The molecule has 0 saturated heterocycles. The van der Waals surface area contributed by atoms with Gasteiger partial charge in [0, 0.05) is 12.4 Å². The number of carbonyl (C=O) groups excluding carboxylic acids is 1. The third-order valence-corrected chi connectivity index (χ3v) is 5.53. The molecule has 1 unspecified atom stereocenters. The molecular formula is C26H24FN3O2. The molecule has 0 aliphatic heterocycles. The van der Waals surface area contributed by atoms with Gasteiger partial charge in [-0.3, -0.25) is 9.59 Å². The molecule has 0 bridgehead atoms. The van der Waals surface area contributed by atoms with Crippen molar-refractivity contribution in [3.8, 4) is 0 Å². The molecule has 4 aromatic rings. The summed E-state index contributed by atoms with van der Waals surface area (Å²) in [6.45, 7) is 3.71. The summed E-state index contributed by atoms with van der Waals surface area (Å²) in [5.74, 6) is -0.667. The molecule has 3 aromatic carbocycles. The van der Waals surface area contributed by atoms with Gasteiger partial charge in [0.15, 0.2) is 5.69 Å². The second-order valence-electron chi connectivity index (χ2n) is 8.02. The number of amides is 1. The second-order valence-corrected chi connectivity index (χ2v) is 8.02. The summed E-state index contributed by atoms with van der Waals surface area (Å²) in [5.41, 5.74) is 1.64. The van der Waals surface area contributed by atoms with Crippen LogP contribution in [0.4, 0.5) is 4.39 Å². The average Bonchev–Trinajstić information content (AvgIpc) is 2.81. The minimum absolute atomic E-state index is 0.203. The number of hydrogen-bond acceptors (Lipinski definition) is 3. The predicted octanol–water partition coefficient (Wildman–Crippen LogP) is 4.98. The van der Waals surface area contributed by atoms with E-state index >= 15 is 0 Å². The van der Waals surface area contributed by atoms with Crippen molar-refractivity contribution in [2.24, 2.45) is 0 Å². The Morgan fingerprint density at radius 1 is 0.875 bits per heavy atom. The lowest BCUT2D eigenvalue weighted by atomic mass is 9.97. The number of benzene rings is 3. The molecule has 0 fully saturated rings. The highest BCUT2D eigenvalue weighted by atomic mass is 19.1. The standard InChI is InChI=1S/C26H24FN3O2/c1-17(2)30-25(31)22-12-8-7-11-21(22)23(28-30)26(32)29(3)24(18-9-5-4-6-10-18)19-13-15-20(27)16-14-19/h4-17,24H,1-3H3. The van der Waals surface area contributed by atoms with Crippen molar-refractivity contribution in [2.45, 2.75) is 25.9 Å². The van der Waals surface area contributed by atoms with E-state index in [1.165, 1.54) is 16.8 Å². The molecule has 0 N–H and O–H groups in total. The maximum absolute atomic E-state index is 13.8. The van der Waals surface area contributed by atoms with E-state index in [-0.39, 0.29) is 29.0 Å². The summed E-state index contributed by atoms with van der Waals surface area (Å²) in [5, 5.41) is 5.42. The normalized spacial score (nSPS) is 12.2. The van der Waals surface area contributed by atoms with Gasteiger partial charge in [-0.25, -0.2) is 9.07 Å². The first kappa shape index (κ1) is 21.4. The molecule has 162 valence electrons. The molecule has 6 heteroatoms. The van der Waals surface area contributed by atoms with Crippen LogP contribution < -0.4 is 5.56 Å². The third-order valence-electron chi connectivity index (χ3n) is 5.53. The van der Waals surface area contributed by atoms with E-state index in [1.54, 1.807) is 48.3 Å². The van der Waals surface area contributed by atoms with E-state index in [0.717, 1.165) is 11.1 Å². The highest BCUT2D eigenvalue weighted by Crippen LogP contribution is 2.30. The summed E-state index contributed by atoms with van der Waals surface area (Å²) in [7, 11) is 1.70. The summed E-state index contributed by atoms with van der Waals surface area (Å²) >= 11 is 0. The monoisotopic (exact) mass is 429 g/mol. The topological polar surface area (TPSA) is 55.2 Å². The molecule has 0 aliphatic carbocycles. The number of rotatable bonds is 5. The zero-order chi connectivity index (χ0) is 22.8. The average molecular weight is 429 g/mol. The summed E-state index contributed by atoms with van der Waals surface area (Å²) in [6, 6.07) is 22.0. The van der Waals surface area contributed by atoms with Crippen LogP contribution in [0.25, 0.3) is 10.8 Å². The minimum Gasteiger partial charge on any atom is -0.329 e. The first-order valence-corrected chi connectivity index (χ1v) is 10.5. The van der Waals surface area contributed by atoms with Crippen LogP contribution in [0.5, 0.6) is 0 Å². The van der Waals surface area contributed by atoms with Gasteiger partial charge in [-0.2, -0.15) is 5.10 Å². The van der Waals surface area contributed by atoms with Crippen LogP contribution in [-0.2, 0) is 0 Å². The predicted molar refractivity (Wildman–Crippen MR) is 123 cm³/mol. The molecule has 0 radical (unpaired) electrons. The maximum Gasteiger partial charge on any atom is 0.275 e. The molecule has 0 aliphatic rings. The van der Waals surface area contributed by atoms with Crippen molar-refractivity contribution in [2.75, 3.05) is 7.05 Å². The lowest BCUT2D eigenvalue weighted by Gasteiger charge is -2.29. The van der Waals surface area contributed by atoms with Crippen LogP contribution in [0.3, 0.4) is 0 Å². The fourth-order valence-electron chi connectivity index (χ4n) is 3.92. The molecule has 5 nitrogen and oxygen atoms in total. The zero-order valence-corrected chi connectivity index (χ0v) is 18.2. The van der Waals surface area contributed by atoms with Gasteiger partial charge in [0.25, 0.3) is 11.5 Å². The van der Waals surface area contributed by atoms with Gasteiger partial charge in [-0.05, 0) is 43.2 Å². The van der Waals surface area contributed by atoms with Gasteiger partial charge < -0.3 is 4.90 Å². The zero-order valence-electron chi connectivity index (χ0n) is 18.2. The number of fused-ring (bicyclic) bond motifs is 1. The maximum atomic E-state index is 13.8. The van der Waals surface area contributed by atoms with Gasteiger partial charge in [0.1, 0.15) is 5.82 Å². The van der Waals surface area contributed by atoms with E-state index in [2.05, 4.69) is 5.10 Å². The third kappa shape index (κ3) is 3.91. The Bertz CT molecular complexity index is 1310. The fourth-order valence-corrected chi connectivity index (χ4v) is 3.92. The van der Waals surface area contributed by atoms with Crippen molar-refractivity contribution in [1.82, 2.24) is 14.7 Å². The summed E-state index contributed by atoms with van der Waals surface area (Å²) in [4.78, 5) is 28.2. The number of carbonyl (C=O) groups is 1. The number of hydrogen-bond donors (Lipinski definition) is 0. The van der Waals surface area contributed by atoms with Crippen molar-refractivity contribution in [3.05, 3.63) is 112 Å². The van der Waals surface area contributed by atoms with E-state index in [1.807, 2.05) is 44.2 Å². The minimum atomic E-state index is -0.454. The number of halogens is 1. The molecule has 1 atom stereocenters. The molecule has 4 rings (SSSR count). The Morgan fingerprint density at radius 2 is 1.44 bits per heavy atom. The first-order chi connectivity index (χ1) is 15.4. The van der Waals surface area contributed by atoms with E-state index in [4.69, 9.17) is 0 Å². The molecule has 0 saturated carbocycles. The first-order valence-electron chi connectivity index (χ1n) is 10.5. The van der Waals surface area contributed by atoms with Gasteiger partial charge in [-0.15, -0.1) is 0 Å². The van der Waals surface area contributed by atoms with Crippen LogP contribution in [0.2, 0.25) is 0 Å². The van der Waals surface area contributed by atoms with Crippen LogP contribution in [-0.4, -0.2) is 27.6 Å². The molecule has 32 heavy (non-hydrogen) atoms. The summed E-state index contributed by atoms with van der Waals surface area (Å²) in [6.07, 6.45) is 0. The Hall–Kier alpha value is -3.80. The van der Waals surface area contributed by atoms with E-state index in [9.17, 15) is 14.0 Å². The Balaban J connectivity index is 1.87. The van der Waals surface area contributed by atoms with Gasteiger partial charge >= 0.3 is 0 Å². The molecule has 1 amide bonds. The molecular weight excluding hydrogens is 405 g/mol. The lowest BCUT2D eigenvalue weighted by Crippen LogP contribution is -2.35. The van der Waals surface area contributed by atoms with Gasteiger partial charge in [0.2, 0.25) is 0 Å². The smallest absolute Gasteiger partial charge is 0.275 e. The van der Waals surface area contributed by atoms with Crippen molar-refractivity contribution in [1.29, 1.82) is 0 Å². The van der Waals surface area contributed by atoms with Crippen molar-refractivity contribution >= 4 is 16.7 Å². The van der Waals surface area contributed by atoms with Gasteiger partial charge in [0.05, 0.1) is 17.5 Å². The van der Waals surface area contributed by atoms with Crippen molar-refractivity contribution in [3.63, 3.8) is 0 Å². The lowest BCUT2D eigenvalue weighted by molar-refractivity contribution is 0.0748. The SMILES string of the molecule is CC(C)n1nc(C(=O)N(C)C(c2ccccc2)c2ccc(F)cc2)c2ccccc2c1=O. The highest BCUT2D eigenvalue weighted by Gasteiger charge is 2.28. The van der Waals surface area contributed by atoms with Crippen LogP contribution in [0.1, 0.15) is 47.5 Å². The summed E-state index contributed by atoms with van der Waals surface area (Å²) < 4.78 is 14.9. The molecule has 1 heterocycles. The number of nitrogens with zero attached hydrogens (tertiary/aromatic N) is 3. The van der Waals surface area contributed by atoms with Crippen molar-refractivity contribution < 1.29 is 9.18 Å². The van der Waals surface area contributed by atoms with E-state index < -0.39 is 6.04 Å². The van der Waals surface area contributed by atoms with Crippen LogP contribution >= 0.6 is 0 Å².